The molecule has 2 aromatic rings. The third-order valence-corrected chi connectivity index (χ3v) is 4.91. The third kappa shape index (κ3) is 4.43. The normalized spacial score (nSPS) is 10.8. The molecule has 138 valence electrons. The minimum absolute atomic E-state index is 0.346. The van der Waals surface area contributed by atoms with E-state index in [-0.39, 0.29) is 5.91 Å². The van der Waals surface area contributed by atoms with E-state index in [1.54, 1.807) is 25.3 Å². The van der Waals surface area contributed by atoms with Crippen LogP contribution in [0.5, 0.6) is 11.5 Å². The molecule has 0 aliphatic carbocycles. The van der Waals surface area contributed by atoms with E-state index in [0.29, 0.717) is 28.7 Å². The van der Waals surface area contributed by atoms with Gasteiger partial charge in [0.1, 0.15) is 5.00 Å². The minimum atomic E-state index is -0.553. The number of thiophene rings is 1. The molecule has 6 nitrogen and oxygen atoms in total. The highest BCUT2D eigenvalue weighted by molar-refractivity contribution is 7.16. The summed E-state index contributed by atoms with van der Waals surface area (Å²) in [4.78, 5) is 24.8. The number of hydrogen-bond donors (Lipinski definition) is 2. The topological polar surface area (TPSA) is 90.6 Å². The van der Waals surface area contributed by atoms with Crippen LogP contribution in [0.1, 0.15) is 33.3 Å². The molecule has 0 aliphatic heterocycles. The van der Waals surface area contributed by atoms with Gasteiger partial charge in [-0.3, -0.25) is 9.59 Å². The maximum Gasteiger partial charge on any atom is 0.251 e. The number of primary amides is 1. The van der Waals surface area contributed by atoms with Crippen LogP contribution < -0.4 is 20.5 Å². The molecule has 0 atom stereocenters. The van der Waals surface area contributed by atoms with Crippen molar-refractivity contribution in [3.8, 4) is 11.5 Å². The second kappa shape index (κ2) is 8.53. The Hall–Kier alpha value is -2.80. The van der Waals surface area contributed by atoms with Crippen molar-refractivity contribution in [2.75, 3.05) is 19.0 Å². The average Bonchev–Trinajstić information content (AvgIpc) is 2.88. The predicted molar refractivity (Wildman–Crippen MR) is 104 cm³/mol. The van der Waals surface area contributed by atoms with Gasteiger partial charge in [-0.2, -0.15) is 0 Å². The molecule has 0 bridgehead atoms. The summed E-state index contributed by atoms with van der Waals surface area (Å²) in [5.41, 5.74) is 7.35. The fraction of sp³-hybridized carbons (Fsp3) is 0.263. The van der Waals surface area contributed by atoms with Crippen LogP contribution in [0, 0.1) is 13.8 Å². The number of carbonyl (C=O) groups excluding carboxylic acids is 2. The summed E-state index contributed by atoms with van der Waals surface area (Å²) in [6.45, 7) is 6.12. The molecule has 2 amide bonds. The molecule has 0 aliphatic rings. The number of carbonyl (C=O) groups is 2. The smallest absolute Gasteiger partial charge is 0.251 e. The highest BCUT2D eigenvalue weighted by Crippen LogP contribution is 2.32. The first kappa shape index (κ1) is 19.5. The summed E-state index contributed by atoms with van der Waals surface area (Å²) < 4.78 is 10.8. The van der Waals surface area contributed by atoms with E-state index in [2.05, 4.69) is 5.32 Å². The lowest BCUT2D eigenvalue weighted by atomic mass is 10.1. The Morgan fingerprint density at radius 3 is 2.62 bits per heavy atom. The van der Waals surface area contributed by atoms with Crippen LogP contribution in [0.3, 0.4) is 0 Å². The standard InChI is InChI=1S/C19H22N2O4S/c1-5-25-14-8-6-13(10-15(14)24-4)7-9-16(22)21-19-17(18(20)23)11(2)12(3)26-19/h6-10H,5H2,1-4H3,(H2,20,23)(H,21,22)/b9-7+. The fourth-order valence-corrected chi connectivity index (χ4v) is 3.47. The largest absolute Gasteiger partial charge is 0.493 e. The number of amides is 2. The first-order valence-electron chi connectivity index (χ1n) is 8.07. The lowest BCUT2D eigenvalue weighted by Gasteiger charge is -2.09. The molecule has 0 spiro atoms. The van der Waals surface area contributed by atoms with E-state index < -0.39 is 5.91 Å². The molecule has 3 N–H and O–H groups in total. The number of benzene rings is 1. The molecule has 0 fully saturated rings. The molecule has 7 heteroatoms. The van der Waals surface area contributed by atoms with Gasteiger partial charge in [-0.1, -0.05) is 6.07 Å². The van der Waals surface area contributed by atoms with E-state index in [1.165, 1.54) is 17.4 Å². The molecule has 1 heterocycles. The van der Waals surface area contributed by atoms with Gasteiger partial charge in [0.05, 0.1) is 19.3 Å². The van der Waals surface area contributed by atoms with Crippen LogP contribution in [0.2, 0.25) is 0 Å². The number of nitrogens with two attached hydrogens (primary N) is 1. The van der Waals surface area contributed by atoms with Gasteiger partial charge in [-0.05, 0) is 50.1 Å². The van der Waals surface area contributed by atoms with Gasteiger partial charge >= 0.3 is 0 Å². The molecule has 0 unspecified atom stereocenters. The van der Waals surface area contributed by atoms with Crippen molar-refractivity contribution in [3.05, 3.63) is 45.8 Å². The molecular weight excluding hydrogens is 352 g/mol. The maximum absolute atomic E-state index is 12.2. The molecule has 0 saturated carbocycles. The van der Waals surface area contributed by atoms with Gasteiger partial charge in [0, 0.05) is 11.0 Å². The number of ether oxygens (including phenoxy) is 2. The van der Waals surface area contributed by atoms with Gasteiger partial charge in [0.15, 0.2) is 11.5 Å². The molecule has 0 saturated heterocycles. The summed E-state index contributed by atoms with van der Waals surface area (Å²) in [5.74, 6) is 0.339. The Morgan fingerprint density at radius 2 is 2.00 bits per heavy atom. The Morgan fingerprint density at radius 1 is 1.27 bits per heavy atom. The summed E-state index contributed by atoms with van der Waals surface area (Å²) in [6.07, 6.45) is 3.05. The molecule has 0 radical (unpaired) electrons. The first-order valence-corrected chi connectivity index (χ1v) is 8.88. The quantitative estimate of drug-likeness (QED) is 0.726. The average molecular weight is 374 g/mol. The Bertz CT molecular complexity index is 855. The second-order valence-corrected chi connectivity index (χ2v) is 6.74. The van der Waals surface area contributed by atoms with Gasteiger partial charge in [-0.25, -0.2) is 0 Å². The maximum atomic E-state index is 12.2. The zero-order chi connectivity index (χ0) is 19.3. The molecule has 1 aromatic carbocycles. The van der Waals surface area contributed by atoms with Crippen molar-refractivity contribution in [1.82, 2.24) is 0 Å². The Kier molecular flexibility index (Phi) is 6.41. The van der Waals surface area contributed by atoms with Crippen LogP contribution in [0.15, 0.2) is 24.3 Å². The number of hydrogen-bond acceptors (Lipinski definition) is 5. The number of methoxy groups -OCH3 is 1. The van der Waals surface area contributed by atoms with Crippen molar-refractivity contribution in [1.29, 1.82) is 0 Å². The lowest BCUT2D eigenvalue weighted by Crippen LogP contribution is -2.16. The minimum Gasteiger partial charge on any atom is -0.493 e. The van der Waals surface area contributed by atoms with Crippen LogP contribution in [0.25, 0.3) is 6.08 Å². The van der Waals surface area contributed by atoms with Crippen molar-refractivity contribution in [3.63, 3.8) is 0 Å². The van der Waals surface area contributed by atoms with Gasteiger partial charge in [0.25, 0.3) is 5.91 Å². The zero-order valence-corrected chi connectivity index (χ0v) is 16.0. The third-order valence-electron chi connectivity index (χ3n) is 3.78. The van der Waals surface area contributed by atoms with Gasteiger partial charge in [-0.15, -0.1) is 11.3 Å². The van der Waals surface area contributed by atoms with Crippen molar-refractivity contribution >= 4 is 34.2 Å². The number of nitrogens with one attached hydrogen (secondary N) is 1. The van der Waals surface area contributed by atoms with E-state index in [0.717, 1.165) is 16.0 Å². The van der Waals surface area contributed by atoms with Crippen LogP contribution in [0.4, 0.5) is 5.00 Å². The number of anilines is 1. The van der Waals surface area contributed by atoms with E-state index in [1.807, 2.05) is 26.8 Å². The van der Waals surface area contributed by atoms with Gasteiger partial charge in [0.2, 0.25) is 5.91 Å². The Balaban J connectivity index is 2.16. The predicted octanol–water partition coefficient (Wildman–Crippen LogP) is 3.52. The molecular formula is C19H22N2O4S. The first-order chi connectivity index (χ1) is 12.4. The van der Waals surface area contributed by atoms with E-state index in [4.69, 9.17) is 15.2 Å². The summed E-state index contributed by atoms with van der Waals surface area (Å²) in [6, 6.07) is 5.39. The van der Waals surface area contributed by atoms with Crippen LogP contribution >= 0.6 is 11.3 Å². The number of aryl methyl sites for hydroxylation is 1. The summed E-state index contributed by atoms with van der Waals surface area (Å²) in [5, 5.41) is 3.18. The van der Waals surface area contributed by atoms with Crippen molar-refractivity contribution < 1.29 is 19.1 Å². The fourth-order valence-electron chi connectivity index (χ4n) is 2.40. The molecule has 26 heavy (non-hydrogen) atoms. The zero-order valence-electron chi connectivity index (χ0n) is 15.2. The molecule has 1 aromatic heterocycles. The number of rotatable bonds is 7. The highest BCUT2D eigenvalue weighted by atomic mass is 32.1. The highest BCUT2D eigenvalue weighted by Gasteiger charge is 2.18. The Labute approximate surface area is 156 Å². The van der Waals surface area contributed by atoms with Crippen LogP contribution in [-0.4, -0.2) is 25.5 Å². The summed E-state index contributed by atoms with van der Waals surface area (Å²) in [7, 11) is 1.56. The SMILES string of the molecule is CCOc1ccc(/C=C/C(=O)Nc2sc(C)c(C)c2C(N)=O)cc1OC. The van der Waals surface area contributed by atoms with Crippen molar-refractivity contribution in [2.45, 2.75) is 20.8 Å². The van der Waals surface area contributed by atoms with E-state index >= 15 is 0 Å². The molecule has 2 rings (SSSR count). The van der Waals surface area contributed by atoms with Crippen LogP contribution in [-0.2, 0) is 4.79 Å². The van der Waals surface area contributed by atoms with Gasteiger partial charge < -0.3 is 20.5 Å². The summed E-state index contributed by atoms with van der Waals surface area (Å²) >= 11 is 1.33. The van der Waals surface area contributed by atoms with E-state index in [9.17, 15) is 9.59 Å². The monoisotopic (exact) mass is 374 g/mol. The lowest BCUT2D eigenvalue weighted by molar-refractivity contribution is -0.111. The van der Waals surface area contributed by atoms with Crippen molar-refractivity contribution in [2.24, 2.45) is 5.73 Å². The second-order valence-electron chi connectivity index (χ2n) is 5.52.